The first-order chi connectivity index (χ1) is 6.60. The van der Waals surface area contributed by atoms with Crippen LogP contribution in [0.3, 0.4) is 0 Å². The summed E-state index contributed by atoms with van der Waals surface area (Å²) >= 11 is 0. The van der Waals surface area contributed by atoms with Crippen molar-refractivity contribution in [2.45, 2.75) is 20.0 Å². The summed E-state index contributed by atoms with van der Waals surface area (Å²) < 4.78 is 0. The van der Waals surface area contributed by atoms with Crippen molar-refractivity contribution in [1.82, 2.24) is 0 Å². The highest BCUT2D eigenvalue weighted by atomic mass is 16.3. The van der Waals surface area contributed by atoms with E-state index >= 15 is 0 Å². The van der Waals surface area contributed by atoms with Gasteiger partial charge in [0.1, 0.15) is 0 Å². The number of aliphatic hydroxyl groups is 6. The van der Waals surface area contributed by atoms with Crippen molar-refractivity contribution in [2.75, 3.05) is 33.5 Å². The van der Waals surface area contributed by atoms with Gasteiger partial charge in [-0.25, -0.2) is 0 Å². The van der Waals surface area contributed by atoms with E-state index in [4.69, 9.17) is 30.6 Å². The predicted octanol–water partition coefficient (Wildman–Crippen LogP) is -2.06. The maximum atomic E-state index is 8.11. The average Bonchev–Trinajstić information content (AvgIpc) is 2.22. The highest BCUT2D eigenvalue weighted by Gasteiger charge is 1.83. The van der Waals surface area contributed by atoms with Crippen LogP contribution in [0.2, 0.25) is 0 Å². The quantitative estimate of drug-likeness (QED) is 0.315. The molecule has 0 saturated heterocycles. The van der Waals surface area contributed by atoms with E-state index in [9.17, 15) is 0 Å². The monoisotopic (exact) mass is 216 g/mol. The van der Waals surface area contributed by atoms with Crippen molar-refractivity contribution in [3.05, 3.63) is 0 Å². The molecule has 0 amide bonds. The molecule has 0 heterocycles. The van der Waals surface area contributed by atoms with E-state index in [1.54, 1.807) is 6.92 Å². The lowest BCUT2D eigenvalue weighted by molar-refractivity contribution is 0.110. The molecule has 0 radical (unpaired) electrons. The Hall–Kier alpha value is -0.240. The van der Waals surface area contributed by atoms with Gasteiger partial charge in [0.15, 0.2) is 0 Å². The summed E-state index contributed by atoms with van der Waals surface area (Å²) in [6.07, 6.45) is -0.560. The molecule has 6 heteroatoms. The molecule has 0 aliphatic rings. The Morgan fingerprint density at radius 2 is 1.07 bits per heavy atom. The Kier molecular flexibility index (Phi) is 64.9. The fraction of sp³-hybridized carbons (Fsp3) is 1.00. The van der Waals surface area contributed by atoms with Crippen molar-refractivity contribution < 1.29 is 30.6 Å². The average molecular weight is 216 g/mol. The van der Waals surface area contributed by atoms with Crippen LogP contribution in [0.4, 0.5) is 0 Å². The van der Waals surface area contributed by atoms with E-state index in [2.05, 4.69) is 0 Å². The van der Waals surface area contributed by atoms with E-state index < -0.39 is 6.10 Å². The van der Waals surface area contributed by atoms with E-state index in [1.807, 2.05) is 0 Å². The van der Waals surface area contributed by atoms with Crippen LogP contribution in [-0.2, 0) is 0 Å². The van der Waals surface area contributed by atoms with Crippen molar-refractivity contribution in [3.63, 3.8) is 0 Å². The van der Waals surface area contributed by atoms with Gasteiger partial charge in [-0.15, -0.1) is 0 Å². The second-order valence-corrected chi connectivity index (χ2v) is 1.80. The largest absolute Gasteiger partial charge is 0.400 e. The molecule has 6 nitrogen and oxygen atoms in total. The van der Waals surface area contributed by atoms with E-state index in [1.165, 1.54) is 6.92 Å². The zero-order valence-electron chi connectivity index (χ0n) is 9.09. The number of rotatable bonds is 2. The Bertz CT molecular complexity index is 49.1. The maximum absolute atomic E-state index is 8.11. The van der Waals surface area contributed by atoms with Crippen LogP contribution in [0.1, 0.15) is 13.8 Å². The molecule has 6 N–H and O–H groups in total. The van der Waals surface area contributed by atoms with Gasteiger partial charge in [-0.05, 0) is 13.8 Å². The van der Waals surface area contributed by atoms with Gasteiger partial charge in [0, 0.05) is 13.7 Å². The second-order valence-electron chi connectivity index (χ2n) is 1.80. The fourth-order valence-corrected chi connectivity index (χ4v) is 0. The molecule has 0 aliphatic carbocycles. The van der Waals surface area contributed by atoms with Crippen LogP contribution in [0.5, 0.6) is 0 Å². The fourth-order valence-electron chi connectivity index (χ4n) is 0. The van der Waals surface area contributed by atoms with Crippen molar-refractivity contribution in [1.29, 1.82) is 0 Å². The summed E-state index contributed by atoms with van der Waals surface area (Å²) in [5, 5.41) is 45.8. The molecule has 0 fully saturated rings. The molecule has 0 spiro atoms. The van der Waals surface area contributed by atoms with E-state index in [0.717, 1.165) is 7.11 Å². The summed E-state index contributed by atoms with van der Waals surface area (Å²) in [5.74, 6) is 0. The lowest BCUT2D eigenvalue weighted by Gasteiger charge is -1.90. The van der Waals surface area contributed by atoms with Crippen LogP contribution in [0.25, 0.3) is 0 Å². The molecule has 1 atom stereocenters. The standard InChI is InChI=1S/C3H8O2.C2H6O2.C2H6O.CH4O/c1-3(5)2-4;3-1-2-4;1-2-3;1-2/h3-5H,2H2,1H3;3-4H,1-2H2;3H,2H2,1H3;2H,1H3. The van der Waals surface area contributed by atoms with Crippen LogP contribution in [-0.4, -0.2) is 70.3 Å². The Labute approximate surface area is 85.1 Å². The van der Waals surface area contributed by atoms with Gasteiger partial charge in [-0.1, -0.05) is 0 Å². The van der Waals surface area contributed by atoms with E-state index in [-0.39, 0.29) is 26.4 Å². The third-order valence-corrected chi connectivity index (χ3v) is 0.364. The zero-order chi connectivity index (χ0) is 12.4. The van der Waals surface area contributed by atoms with Gasteiger partial charge >= 0.3 is 0 Å². The third kappa shape index (κ3) is 179. The molecule has 0 bridgehead atoms. The maximum Gasteiger partial charge on any atom is 0.0742 e. The second kappa shape index (κ2) is 38.6. The highest BCUT2D eigenvalue weighted by molar-refractivity contribution is 4.34. The van der Waals surface area contributed by atoms with Gasteiger partial charge in [-0.2, -0.15) is 0 Å². The van der Waals surface area contributed by atoms with Crippen LogP contribution >= 0.6 is 0 Å². The lowest BCUT2D eigenvalue weighted by Crippen LogP contribution is -2.03. The topological polar surface area (TPSA) is 121 Å². The summed E-state index contributed by atoms with van der Waals surface area (Å²) in [4.78, 5) is 0. The Morgan fingerprint density at radius 1 is 0.929 bits per heavy atom. The summed E-state index contributed by atoms with van der Waals surface area (Å²) in [5.41, 5.74) is 0. The molecular weight excluding hydrogens is 192 g/mol. The molecule has 0 aliphatic heterocycles. The van der Waals surface area contributed by atoms with Crippen LogP contribution in [0, 0.1) is 0 Å². The van der Waals surface area contributed by atoms with E-state index in [0.29, 0.717) is 0 Å². The molecule has 0 aromatic heterocycles. The van der Waals surface area contributed by atoms with Crippen molar-refractivity contribution in [2.24, 2.45) is 0 Å². The van der Waals surface area contributed by atoms with Crippen LogP contribution in [0.15, 0.2) is 0 Å². The van der Waals surface area contributed by atoms with Crippen molar-refractivity contribution in [3.8, 4) is 0 Å². The first-order valence-corrected chi connectivity index (χ1v) is 4.16. The Morgan fingerprint density at radius 3 is 1.07 bits per heavy atom. The molecule has 0 aromatic rings. The van der Waals surface area contributed by atoms with Gasteiger partial charge in [0.2, 0.25) is 0 Å². The predicted molar refractivity (Wildman–Crippen MR) is 53.8 cm³/mol. The SMILES string of the molecule is CC(O)CO.CCO.CO.OCCO. The third-order valence-electron chi connectivity index (χ3n) is 0.364. The molecule has 0 rings (SSSR count). The number of aliphatic hydroxyl groups excluding tert-OH is 6. The number of hydrogen-bond acceptors (Lipinski definition) is 6. The van der Waals surface area contributed by atoms with Crippen LogP contribution < -0.4 is 0 Å². The molecule has 0 aromatic carbocycles. The minimum Gasteiger partial charge on any atom is -0.400 e. The van der Waals surface area contributed by atoms with Gasteiger partial charge < -0.3 is 30.6 Å². The minimum atomic E-state index is -0.560. The smallest absolute Gasteiger partial charge is 0.0742 e. The first-order valence-electron chi connectivity index (χ1n) is 4.16. The lowest BCUT2D eigenvalue weighted by atomic mass is 10.5. The van der Waals surface area contributed by atoms with Gasteiger partial charge in [-0.3, -0.25) is 0 Å². The molecule has 0 saturated carbocycles. The van der Waals surface area contributed by atoms with Gasteiger partial charge in [0.05, 0.1) is 25.9 Å². The summed E-state index contributed by atoms with van der Waals surface area (Å²) in [7, 11) is 1.00. The van der Waals surface area contributed by atoms with Crippen molar-refractivity contribution >= 4 is 0 Å². The minimum absolute atomic E-state index is 0.125. The zero-order valence-corrected chi connectivity index (χ0v) is 9.09. The molecule has 92 valence electrons. The number of hydrogen-bond donors (Lipinski definition) is 6. The molecule has 1 unspecified atom stereocenters. The first kappa shape index (κ1) is 23.5. The molecular formula is C8H24O6. The summed E-state index contributed by atoms with van der Waals surface area (Å²) in [6.45, 7) is 3.07. The summed E-state index contributed by atoms with van der Waals surface area (Å²) in [6, 6.07) is 0. The molecule has 14 heavy (non-hydrogen) atoms. The Balaban J connectivity index is -0.0000000505. The van der Waals surface area contributed by atoms with Gasteiger partial charge in [0.25, 0.3) is 0 Å². The normalized spacial score (nSPS) is 9.21. The highest BCUT2D eigenvalue weighted by Crippen LogP contribution is 1.68.